The highest BCUT2D eigenvalue weighted by Gasteiger charge is 2.47. The van der Waals surface area contributed by atoms with E-state index in [4.69, 9.17) is 9.47 Å². The lowest BCUT2D eigenvalue weighted by Gasteiger charge is -2.35. The SMILES string of the molecule is COC(=O)[C@H]1[C@@H](c2ccc(-c3cccn3C)cc2)C[C@@H]2CC[C@H]1O2. The third-order valence-electron chi connectivity index (χ3n) is 5.54. The highest BCUT2D eigenvalue weighted by Crippen LogP contribution is 2.45. The number of aromatic nitrogens is 1. The largest absolute Gasteiger partial charge is 0.469 e. The zero-order chi connectivity index (χ0) is 16.7. The van der Waals surface area contributed by atoms with Gasteiger partial charge in [-0.1, -0.05) is 24.3 Å². The monoisotopic (exact) mass is 325 g/mol. The minimum Gasteiger partial charge on any atom is -0.469 e. The van der Waals surface area contributed by atoms with Gasteiger partial charge in [0, 0.05) is 24.9 Å². The minimum absolute atomic E-state index is 0.00810. The van der Waals surface area contributed by atoms with Crippen LogP contribution in [-0.2, 0) is 21.3 Å². The number of ether oxygens (including phenoxy) is 2. The molecule has 4 atom stereocenters. The number of nitrogens with zero attached hydrogens (tertiary/aromatic N) is 1. The van der Waals surface area contributed by atoms with Crippen molar-refractivity contribution in [2.45, 2.75) is 37.4 Å². The molecule has 3 heterocycles. The minimum atomic E-state index is -0.186. The topological polar surface area (TPSA) is 40.5 Å². The number of benzene rings is 1. The summed E-state index contributed by atoms with van der Waals surface area (Å²) in [5.41, 5.74) is 3.59. The fourth-order valence-electron chi connectivity index (χ4n) is 4.32. The molecule has 0 spiro atoms. The lowest BCUT2D eigenvalue weighted by atomic mass is 9.79. The first-order chi connectivity index (χ1) is 11.7. The Hall–Kier alpha value is -2.07. The average Bonchev–Trinajstić information content (AvgIpc) is 3.20. The maximum atomic E-state index is 12.3. The van der Waals surface area contributed by atoms with Crippen LogP contribution in [0.1, 0.15) is 30.7 Å². The molecule has 2 aliphatic heterocycles. The van der Waals surface area contributed by atoms with Crippen LogP contribution in [0.25, 0.3) is 11.3 Å². The fourth-order valence-corrected chi connectivity index (χ4v) is 4.32. The van der Waals surface area contributed by atoms with Gasteiger partial charge in [0.15, 0.2) is 0 Å². The second-order valence-electron chi connectivity index (χ2n) is 6.89. The van der Waals surface area contributed by atoms with Crippen molar-refractivity contribution < 1.29 is 14.3 Å². The van der Waals surface area contributed by atoms with Gasteiger partial charge in [-0.05, 0) is 42.5 Å². The number of fused-ring (bicyclic) bond motifs is 2. The van der Waals surface area contributed by atoms with E-state index in [1.54, 1.807) is 0 Å². The fraction of sp³-hybridized carbons (Fsp3) is 0.450. The van der Waals surface area contributed by atoms with Gasteiger partial charge < -0.3 is 14.0 Å². The molecule has 2 fully saturated rings. The number of esters is 1. The summed E-state index contributed by atoms with van der Waals surface area (Å²) in [5.74, 6) is -0.141. The van der Waals surface area contributed by atoms with Gasteiger partial charge in [0.1, 0.15) is 0 Å². The maximum Gasteiger partial charge on any atom is 0.311 e. The Kier molecular flexibility index (Phi) is 3.93. The summed E-state index contributed by atoms with van der Waals surface area (Å²) in [7, 11) is 3.52. The third kappa shape index (κ3) is 2.55. The van der Waals surface area contributed by atoms with Gasteiger partial charge in [-0.2, -0.15) is 0 Å². The molecule has 0 aliphatic carbocycles. The summed E-state index contributed by atoms with van der Waals surface area (Å²) in [6.07, 6.45) is 5.26. The molecule has 4 rings (SSSR count). The van der Waals surface area contributed by atoms with Crippen molar-refractivity contribution in [2.24, 2.45) is 13.0 Å². The first kappa shape index (κ1) is 15.5. The van der Waals surface area contributed by atoms with Crippen molar-refractivity contribution in [1.82, 2.24) is 4.57 Å². The second kappa shape index (κ2) is 6.10. The average molecular weight is 325 g/mol. The molecular formula is C20H23NO3. The molecule has 126 valence electrons. The second-order valence-corrected chi connectivity index (χ2v) is 6.89. The summed E-state index contributed by atoms with van der Waals surface area (Å²) < 4.78 is 13.2. The van der Waals surface area contributed by atoms with E-state index in [2.05, 4.69) is 34.9 Å². The van der Waals surface area contributed by atoms with Crippen molar-refractivity contribution >= 4 is 5.97 Å². The summed E-state index contributed by atoms with van der Waals surface area (Å²) in [6.45, 7) is 0. The summed E-state index contributed by atoms with van der Waals surface area (Å²) in [5, 5.41) is 0. The smallest absolute Gasteiger partial charge is 0.311 e. The predicted octanol–water partition coefficient (Wildman–Crippen LogP) is 3.52. The molecular weight excluding hydrogens is 302 g/mol. The molecule has 4 nitrogen and oxygen atoms in total. The molecule has 2 aliphatic rings. The van der Waals surface area contributed by atoms with E-state index in [1.165, 1.54) is 23.9 Å². The van der Waals surface area contributed by atoms with E-state index in [0.29, 0.717) is 0 Å². The molecule has 4 heteroatoms. The van der Waals surface area contributed by atoms with Crippen LogP contribution in [0, 0.1) is 5.92 Å². The number of rotatable bonds is 3. The van der Waals surface area contributed by atoms with Crippen molar-refractivity contribution in [3.05, 3.63) is 48.2 Å². The van der Waals surface area contributed by atoms with Crippen LogP contribution >= 0.6 is 0 Å². The van der Waals surface area contributed by atoms with Crippen LogP contribution in [0.4, 0.5) is 0 Å². The molecule has 1 aromatic carbocycles. The van der Waals surface area contributed by atoms with E-state index >= 15 is 0 Å². The van der Waals surface area contributed by atoms with E-state index in [9.17, 15) is 4.79 Å². The molecule has 0 unspecified atom stereocenters. The zero-order valence-corrected chi connectivity index (χ0v) is 14.1. The first-order valence-electron chi connectivity index (χ1n) is 8.62. The molecule has 24 heavy (non-hydrogen) atoms. The van der Waals surface area contributed by atoms with Crippen molar-refractivity contribution in [2.75, 3.05) is 7.11 Å². The normalized spacial score (nSPS) is 28.8. The van der Waals surface area contributed by atoms with E-state index in [-0.39, 0.29) is 30.0 Å². The number of aryl methyl sites for hydroxylation is 1. The summed E-state index contributed by atoms with van der Waals surface area (Å²) >= 11 is 0. The van der Waals surface area contributed by atoms with Crippen LogP contribution in [0.15, 0.2) is 42.6 Å². The van der Waals surface area contributed by atoms with E-state index in [0.717, 1.165) is 19.3 Å². The predicted molar refractivity (Wildman–Crippen MR) is 91.6 cm³/mol. The summed E-state index contributed by atoms with van der Waals surface area (Å²) in [4.78, 5) is 12.3. The quantitative estimate of drug-likeness (QED) is 0.811. The van der Waals surface area contributed by atoms with Gasteiger partial charge >= 0.3 is 5.97 Å². The lowest BCUT2D eigenvalue weighted by Crippen LogP contribution is -2.39. The molecule has 0 saturated carbocycles. The van der Waals surface area contributed by atoms with Crippen LogP contribution in [0.2, 0.25) is 0 Å². The van der Waals surface area contributed by atoms with Gasteiger partial charge in [0.05, 0.1) is 25.2 Å². The van der Waals surface area contributed by atoms with Crippen LogP contribution in [0.5, 0.6) is 0 Å². The number of hydrogen-bond acceptors (Lipinski definition) is 3. The molecule has 0 amide bonds. The number of hydrogen-bond donors (Lipinski definition) is 0. The third-order valence-corrected chi connectivity index (χ3v) is 5.54. The van der Waals surface area contributed by atoms with Gasteiger partial charge in [-0.3, -0.25) is 4.79 Å². The van der Waals surface area contributed by atoms with Gasteiger partial charge in [-0.25, -0.2) is 0 Å². The van der Waals surface area contributed by atoms with Crippen molar-refractivity contribution in [1.29, 1.82) is 0 Å². The highest BCUT2D eigenvalue weighted by molar-refractivity contribution is 5.75. The molecule has 0 N–H and O–H groups in total. The number of carbonyl (C=O) groups excluding carboxylic acids is 1. The van der Waals surface area contributed by atoms with E-state index < -0.39 is 0 Å². The Morgan fingerprint density at radius 3 is 2.67 bits per heavy atom. The van der Waals surface area contributed by atoms with Crippen molar-refractivity contribution in [3.63, 3.8) is 0 Å². The highest BCUT2D eigenvalue weighted by atomic mass is 16.5. The van der Waals surface area contributed by atoms with Crippen LogP contribution in [0.3, 0.4) is 0 Å². The maximum absolute atomic E-state index is 12.3. The van der Waals surface area contributed by atoms with Crippen LogP contribution in [-0.4, -0.2) is 29.9 Å². The van der Waals surface area contributed by atoms with Gasteiger partial charge in [0.25, 0.3) is 0 Å². The molecule has 2 aromatic rings. The standard InChI is InChI=1S/C20H23NO3/c1-21-11-3-4-17(21)14-7-5-13(6-8-14)16-12-15-9-10-18(24-15)19(16)20(22)23-2/h3-8,11,15-16,18-19H,9-10,12H2,1-2H3/t15-,16+,18+,19-/m0/s1. The number of carbonyl (C=O) groups is 1. The van der Waals surface area contributed by atoms with Crippen LogP contribution < -0.4 is 0 Å². The lowest BCUT2D eigenvalue weighted by molar-refractivity contribution is -0.156. The Balaban J connectivity index is 1.64. The zero-order valence-electron chi connectivity index (χ0n) is 14.1. The Bertz CT molecular complexity index is 734. The molecule has 2 saturated heterocycles. The first-order valence-corrected chi connectivity index (χ1v) is 8.62. The Morgan fingerprint density at radius 1 is 1.21 bits per heavy atom. The summed E-state index contributed by atoms with van der Waals surface area (Å²) in [6, 6.07) is 12.8. The Morgan fingerprint density at radius 2 is 2.00 bits per heavy atom. The number of methoxy groups -OCH3 is 1. The van der Waals surface area contributed by atoms with Gasteiger partial charge in [-0.15, -0.1) is 0 Å². The Labute approximate surface area is 142 Å². The van der Waals surface area contributed by atoms with Crippen molar-refractivity contribution in [3.8, 4) is 11.3 Å². The molecule has 1 aromatic heterocycles. The molecule has 2 bridgehead atoms. The molecule has 0 radical (unpaired) electrons. The van der Waals surface area contributed by atoms with Gasteiger partial charge in [0.2, 0.25) is 0 Å². The van der Waals surface area contributed by atoms with E-state index in [1.807, 2.05) is 19.3 Å².